The number of benzene rings is 2. The van der Waals surface area contributed by atoms with Crippen LogP contribution in [0.3, 0.4) is 0 Å². The van der Waals surface area contributed by atoms with Crippen LogP contribution < -0.4 is 10.6 Å². The highest BCUT2D eigenvalue weighted by Gasteiger charge is 2.16. The van der Waals surface area contributed by atoms with Gasteiger partial charge >= 0.3 is 0 Å². The second kappa shape index (κ2) is 10.6. The molecule has 164 valence electrons. The third-order valence-corrected chi connectivity index (χ3v) is 6.15. The molecule has 2 aromatic carbocycles. The molecule has 1 aliphatic heterocycles. The van der Waals surface area contributed by atoms with Gasteiger partial charge in [0.15, 0.2) is 0 Å². The number of nitrogens with zero attached hydrogens (tertiary/aromatic N) is 1. The van der Waals surface area contributed by atoms with Gasteiger partial charge in [-0.1, -0.05) is 31.4 Å². The van der Waals surface area contributed by atoms with Crippen molar-refractivity contribution >= 4 is 23.2 Å². The van der Waals surface area contributed by atoms with Gasteiger partial charge < -0.3 is 15.4 Å². The van der Waals surface area contributed by atoms with E-state index in [9.17, 15) is 9.59 Å². The van der Waals surface area contributed by atoms with E-state index in [4.69, 9.17) is 4.74 Å². The lowest BCUT2D eigenvalue weighted by atomic mass is 9.84. The minimum absolute atomic E-state index is 0.0447. The number of carbonyl (C=O) groups excluding carboxylic acids is 2. The maximum Gasteiger partial charge on any atom is 0.255 e. The SMILES string of the molecule is O=C(CN1CCOCC1)Nc1ccc(NC(=O)c2ccc(C3CCCCC3)cc2)cc1. The largest absolute Gasteiger partial charge is 0.379 e. The van der Waals surface area contributed by atoms with Crippen LogP contribution in [0.2, 0.25) is 0 Å². The second-order valence-corrected chi connectivity index (χ2v) is 8.43. The normalized spacial score (nSPS) is 17.8. The van der Waals surface area contributed by atoms with E-state index >= 15 is 0 Å². The van der Waals surface area contributed by atoms with E-state index < -0.39 is 0 Å². The molecule has 0 atom stereocenters. The molecule has 2 N–H and O–H groups in total. The van der Waals surface area contributed by atoms with Crippen molar-refractivity contribution in [3.8, 4) is 0 Å². The third kappa shape index (κ3) is 6.15. The number of carbonyl (C=O) groups is 2. The number of amides is 2. The first-order chi connectivity index (χ1) is 15.2. The van der Waals surface area contributed by atoms with Crippen LogP contribution in [-0.4, -0.2) is 49.6 Å². The maximum atomic E-state index is 12.6. The fourth-order valence-corrected chi connectivity index (χ4v) is 4.35. The number of anilines is 2. The van der Waals surface area contributed by atoms with Crippen molar-refractivity contribution in [3.05, 3.63) is 59.7 Å². The summed E-state index contributed by atoms with van der Waals surface area (Å²) in [6.45, 7) is 3.26. The topological polar surface area (TPSA) is 70.7 Å². The van der Waals surface area contributed by atoms with Gasteiger partial charge in [-0.15, -0.1) is 0 Å². The van der Waals surface area contributed by atoms with Crippen LogP contribution in [0.15, 0.2) is 48.5 Å². The molecule has 1 saturated carbocycles. The van der Waals surface area contributed by atoms with Crippen LogP contribution >= 0.6 is 0 Å². The summed E-state index contributed by atoms with van der Waals surface area (Å²) in [5.41, 5.74) is 3.41. The molecule has 0 radical (unpaired) electrons. The second-order valence-electron chi connectivity index (χ2n) is 8.43. The van der Waals surface area contributed by atoms with Crippen LogP contribution in [0.25, 0.3) is 0 Å². The summed E-state index contributed by atoms with van der Waals surface area (Å²) in [7, 11) is 0. The number of hydrogen-bond acceptors (Lipinski definition) is 4. The van der Waals surface area contributed by atoms with Crippen LogP contribution in [0.1, 0.15) is 53.9 Å². The molecule has 0 bridgehead atoms. The van der Waals surface area contributed by atoms with Crippen molar-refractivity contribution in [1.29, 1.82) is 0 Å². The minimum atomic E-state index is -0.126. The fourth-order valence-electron chi connectivity index (χ4n) is 4.35. The quantitative estimate of drug-likeness (QED) is 0.731. The van der Waals surface area contributed by atoms with Gasteiger partial charge in [0.1, 0.15) is 0 Å². The number of nitrogens with one attached hydrogen (secondary N) is 2. The highest BCUT2D eigenvalue weighted by Crippen LogP contribution is 2.32. The minimum Gasteiger partial charge on any atom is -0.379 e. The Morgan fingerprint density at radius 1 is 0.839 bits per heavy atom. The van der Waals surface area contributed by atoms with Crippen LogP contribution in [0.4, 0.5) is 11.4 Å². The predicted molar refractivity (Wildman–Crippen MR) is 123 cm³/mol. The molecule has 6 heteroatoms. The van der Waals surface area contributed by atoms with Gasteiger partial charge in [-0.25, -0.2) is 0 Å². The number of rotatable bonds is 6. The molecule has 2 aromatic rings. The van der Waals surface area contributed by atoms with Crippen molar-refractivity contribution < 1.29 is 14.3 Å². The molecule has 0 aromatic heterocycles. The van der Waals surface area contributed by atoms with E-state index in [0.717, 1.165) is 13.1 Å². The first kappa shape index (κ1) is 21.5. The van der Waals surface area contributed by atoms with Crippen LogP contribution in [0.5, 0.6) is 0 Å². The number of morpholine rings is 1. The highest BCUT2D eigenvalue weighted by molar-refractivity contribution is 6.04. The lowest BCUT2D eigenvalue weighted by Gasteiger charge is -2.25. The Morgan fingerprint density at radius 3 is 2.10 bits per heavy atom. The average molecular weight is 422 g/mol. The van der Waals surface area contributed by atoms with Crippen LogP contribution in [0, 0.1) is 0 Å². The van der Waals surface area contributed by atoms with Crippen LogP contribution in [-0.2, 0) is 9.53 Å². The zero-order valence-corrected chi connectivity index (χ0v) is 17.9. The van der Waals surface area contributed by atoms with Gasteiger partial charge in [0.25, 0.3) is 5.91 Å². The van der Waals surface area contributed by atoms with Crippen molar-refractivity contribution in [2.45, 2.75) is 38.0 Å². The summed E-state index contributed by atoms with van der Waals surface area (Å²) < 4.78 is 5.30. The first-order valence-corrected chi connectivity index (χ1v) is 11.3. The first-order valence-electron chi connectivity index (χ1n) is 11.3. The number of ether oxygens (including phenoxy) is 1. The molecule has 2 fully saturated rings. The monoisotopic (exact) mass is 421 g/mol. The smallest absolute Gasteiger partial charge is 0.255 e. The molecule has 4 rings (SSSR count). The van der Waals surface area contributed by atoms with Crippen molar-refractivity contribution in [2.75, 3.05) is 43.5 Å². The lowest BCUT2D eigenvalue weighted by molar-refractivity contribution is -0.118. The van der Waals surface area contributed by atoms with Gasteiger partial charge in [0.05, 0.1) is 19.8 Å². The number of hydrogen-bond donors (Lipinski definition) is 2. The average Bonchev–Trinajstić information content (AvgIpc) is 2.81. The van der Waals surface area contributed by atoms with Crippen molar-refractivity contribution in [2.24, 2.45) is 0 Å². The summed E-state index contributed by atoms with van der Waals surface area (Å²) in [6, 6.07) is 15.2. The Morgan fingerprint density at radius 2 is 1.45 bits per heavy atom. The van der Waals surface area contributed by atoms with E-state index in [0.29, 0.717) is 42.6 Å². The van der Waals surface area contributed by atoms with Gasteiger partial charge in [-0.2, -0.15) is 0 Å². The predicted octanol–water partition coefficient (Wildman–Crippen LogP) is 4.26. The summed E-state index contributed by atoms with van der Waals surface area (Å²) in [5.74, 6) is 0.466. The summed E-state index contributed by atoms with van der Waals surface area (Å²) in [4.78, 5) is 26.9. The Hall–Kier alpha value is -2.70. The van der Waals surface area contributed by atoms with E-state index in [-0.39, 0.29) is 11.8 Å². The van der Waals surface area contributed by atoms with Gasteiger partial charge in [0.2, 0.25) is 5.91 Å². The van der Waals surface area contributed by atoms with E-state index in [1.807, 2.05) is 12.1 Å². The molecule has 1 aliphatic carbocycles. The molecular formula is C25H31N3O3. The Bertz CT molecular complexity index is 868. The standard InChI is InChI=1S/C25H31N3O3/c29-24(18-28-14-16-31-17-15-28)26-22-10-12-23(13-11-22)27-25(30)21-8-6-20(7-9-21)19-4-2-1-3-5-19/h6-13,19H,1-5,14-18H2,(H,26,29)(H,27,30). The molecule has 1 saturated heterocycles. The van der Waals surface area contributed by atoms with Gasteiger partial charge in [-0.3, -0.25) is 14.5 Å². The molecule has 1 heterocycles. The molecular weight excluding hydrogens is 390 g/mol. The molecule has 2 amide bonds. The Kier molecular flexibility index (Phi) is 7.33. The zero-order chi connectivity index (χ0) is 21.5. The van der Waals surface area contributed by atoms with E-state index in [1.54, 1.807) is 24.3 Å². The lowest BCUT2D eigenvalue weighted by Crippen LogP contribution is -2.41. The third-order valence-electron chi connectivity index (χ3n) is 6.15. The fraction of sp³-hybridized carbons (Fsp3) is 0.440. The van der Waals surface area contributed by atoms with Crippen molar-refractivity contribution in [1.82, 2.24) is 4.90 Å². The summed E-state index contributed by atoms with van der Waals surface area (Å²) in [5, 5.41) is 5.83. The van der Waals surface area contributed by atoms with Crippen molar-refractivity contribution in [3.63, 3.8) is 0 Å². The van der Waals surface area contributed by atoms with E-state index in [2.05, 4.69) is 27.7 Å². The van der Waals surface area contributed by atoms with Gasteiger partial charge in [0, 0.05) is 30.0 Å². The molecule has 0 unspecified atom stereocenters. The highest BCUT2D eigenvalue weighted by atomic mass is 16.5. The van der Waals surface area contributed by atoms with Gasteiger partial charge in [-0.05, 0) is 60.7 Å². The molecule has 2 aliphatic rings. The van der Waals surface area contributed by atoms with E-state index in [1.165, 1.54) is 37.7 Å². The summed E-state index contributed by atoms with van der Waals surface area (Å²) in [6.07, 6.45) is 6.45. The summed E-state index contributed by atoms with van der Waals surface area (Å²) >= 11 is 0. The zero-order valence-electron chi connectivity index (χ0n) is 17.9. The maximum absolute atomic E-state index is 12.6. The Balaban J connectivity index is 1.28. The Labute approximate surface area is 184 Å². The molecule has 6 nitrogen and oxygen atoms in total. The molecule has 31 heavy (non-hydrogen) atoms. The molecule has 0 spiro atoms.